The number of quaternary nitrogens is 1. The molecule has 0 aliphatic carbocycles. The van der Waals surface area contributed by atoms with E-state index in [-0.39, 0.29) is 17.0 Å². The van der Waals surface area contributed by atoms with Crippen molar-refractivity contribution in [2.75, 3.05) is 32.1 Å². The molecule has 0 aromatic rings. The van der Waals surface area contributed by atoms with Gasteiger partial charge in [-0.2, -0.15) is 0 Å². The smallest absolute Gasteiger partial charge is 0.0798 e. The molecule has 0 radical (unpaired) electrons. The van der Waals surface area contributed by atoms with Gasteiger partial charge in [0.05, 0.1) is 26.2 Å². The average Bonchev–Trinajstić information content (AvgIpc) is 2.43. The highest BCUT2D eigenvalue weighted by Crippen LogP contribution is 2.17. The number of hydrogen-bond donors (Lipinski definition) is 0. The van der Waals surface area contributed by atoms with E-state index in [1.807, 2.05) is 0 Å². The van der Waals surface area contributed by atoms with Crippen LogP contribution in [-0.4, -0.2) is 36.5 Å². The summed E-state index contributed by atoms with van der Waals surface area (Å²) in [6.07, 6.45) is 12.1. The molecule has 20 heavy (non-hydrogen) atoms. The van der Waals surface area contributed by atoms with Crippen molar-refractivity contribution >= 4 is 11.6 Å². The summed E-state index contributed by atoms with van der Waals surface area (Å²) < 4.78 is 1.35. The van der Waals surface area contributed by atoms with Crippen LogP contribution in [0, 0.1) is 0 Å². The zero-order valence-electron chi connectivity index (χ0n) is 14.1. The molecule has 0 atom stereocenters. The Morgan fingerprint density at radius 3 is 1.40 bits per heavy atom. The average molecular weight is 371 g/mol. The Bertz CT molecular complexity index is 168. The van der Waals surface area contributed by atoms with E-state index in [9.17, 15) is 0 Å². The lowest BCUT2D eigenvalue weighted by Crippen LogP contribution is -3.00. The predicted molar refractivity (Wildman–Crippen MR) is 89.0 cm³/mol. The maximum Gasteiger partial charge on any atom is 0.0798 e. The number of rotatable bonds is 14. The molecule has 3 heteroatoms. The van der Waals surface area contributed by atoms with Crippen LogP contribution in [0.1, 0.15) is 78.6 Å². The molecule has 0 spiro atoms. The molecule has 0 aromatic heterocycles. The van der Waals surface area contributed by atoms with E-state index in [4.69, 9.17) is 11.6 Å². The fourth-order valence-electron chi connectivity index (χ4n) is 2.95. The van der Waals surface area contributed by atoms with Gasteiger partial charge >= 0.3 is 0 Å². The van der Waals surface area contributed by atoms with Gasteiger partial charge in [0, 0.05) is 12.3 Å². The first kappa shape index (κ1) is 23.0. The lowest BCUT2D eigenvalue weighted by Gasteiger charge is -2.39. The maximum absolute atomic E-state index is 5.95. The fourth-order valence-corrected chi connectivity index (χ4v) is 3.07. The van der Waals surface area contributed by atoms with Crippen molar-refractivity contribution < 1.29 is 21.5 Å². The minimum Gasteiger partial charge on any atom is -1.00 e. The molecule has 0 aliphatic heterocycles. The Kier molecular flexibility index (Phi) is 18.5. The van der Waals surface area contributed by atoms with E-state index in [1.54, 1.807) is 0 Å². The zero-order chi connectivity index (χ0) is 14.4. The summed E-state index contributed by atoms with van der Waals surface area (Å²) in [7, 11) is 0. The fraction of sp³-hybridized carbons (Fsp3) is 1.00. The molecule has 0 aromatic carbocycles. The van der Waals surface area contributed by atoms with Gasteiger partial charge in [-0.15, -0.1) is 11.6 Å². The SMILES string of the molecule is CCCCC[N+](CCCC)(CCCCl)CCCCC.[Br-]. The zero-order valence-corrected chi connectivity index (χ0v) is 16.4. The molecule has 0 unspecified atom stereocenters. The van der Waals surface area contributed by atoms with Gasteiger partial charge in [-0.05, 0) is 32.1 Å². The van der Waals surface area contributed by atoms with E-state index in [2.05, 4.69) is 20.8 Å². The third-order valence-electron chi connectivity index (χ3n) is 4.22. The molecule has 0 saturated heterocycles. The molecular weight excluding hydrogens is 334 g/mol. The third-order valence-corrected chi connectivity index (χ3v) is 4.49. The molecule has 0 heterocycles. The first-order valence-corrected chi connectivity index (χ1v) is 9.19. The van der Waals surface area contributed by atoms with Crippen LogP contribution in [0.3, 0.4) is 0 Å². The van der Waals surface area contributed by atoms with Crippen LogP contribution in [0.5, 0.6) is 0 Å². The number of hydrogen-bond acceptors (Lipinski definition) is 0. The van der Waals surface area contributed by atoms with Gasteiger partial charge < -0.3 is 21.5 Å². The Morgan fingerprint density at radius 1 is 0.600 bits per heavy atom. The lowest BCUT2D eigenvalue weighted by molar-refractivity contribution is -0.928. The van der Waals surface area contributed by atoms with Gasteiger partial charge in [-0.1, -0.05) is 40.0 Å². The van der Waals surface area contributed by atoms with Gasteiger partial charge in [-0.25, -0.2) is 0 Å². The van der Waals surface area contributed by atoms with Crippen LogP contribution >= 0.6 is 11.6 Å². The van der Waals surface area contributed by atoms with Gasteiger partial charge in [0.25, 0.3) is 0 Å². The van der Waals surface area contributed by atoms with Crippen molar-refractivity contribution in [2.24, 2.45) is 0 Å². The third kappa shape index (κ3) is 11.4. The highest BCUT2D eigenvalue weighted by molar-refractivity contribution is 6.17. The van der Waals surface area contributed by atoms with Crippen LogP contribution in [0.2, 0.25) is 0 Å². The van der Waals surface area contributed by atoms with E-state index in [1.165, 1.54) is 88.4 Å². The quantitative estimate of drug-likeness (QED) is 0.250. The molecular formula is C17H37BrClN. The van der Waals surface area contributed by atoms with Crippen molar-refractivity contribution in [3.63, 3.8) is 0 Å². The molecule has 0 amide bonds. The Hall–Kier alpha value is 0.730. The Balaban J connectivity index is 0. The number of halogens is 2. The second-order valence-electron chi connectivity index (χ2n) is 6.05. The molecule has 0 bridgehead atoms. The second kappa shape index (κ2) is 16.1. The second-order valence-corrected chi connectivity index (χ2v) is 6.42. The van der Waals surface area contributed by atoms with Gasteiger partial charge in [0.15, 0.2) is 0 Å². The molecule has 1 nitrogen and oxygen atoms in total. The largest absolute Gasteiger partial charge is 1.00 e. The summed E-state index contributed by atoms with van der Waals surface area (Å²) in [5, 5.41) is 0. The summed E-state index contributed by atoms with van der Waals surface area (Å²) in [6, 6.07) is 0. The minimum atomic E-state index is 0. The molecule has 0 fully saturated rings. The highest BCUT2D eigenvalue weighted by atomic mass is 79.9. The van der Waals surface area contributed by atoms with Crippen molar-refractivity contribution in [1.82, 2.24) is 0 Å². The van der Waals surface area contributed by atoms with Crippen LogP contribution in [0.4, 0.5) is 0 Å². The minimum absolute atomic E-state index is 0. The van der Waals surface area contributed by atoms with E-state index in [0.29, 0.717) is 0 Å². The predicted octanol–water partition coefficient (Wildman–Crippen LogP) is 2.62. The van der Waals surface area contributed by atoms with E-state index in [0.717, 1.165) is 5.88 Å². The molecule has 124 valence electrons. The number of unbranched alkanes of at least 4 members (excludes halogenated alkanes) is 5. The monoisotopic (exact) mass is 369 g/mol. The molecule has 0 saturated carbocycles. The number of alkyl halides is 1. The Morgan fingerprint density at radius 2 is 1.00 bits per heavy atom. The maximum atomic E-state index is 5.95. The molecule has 0 aliphatic rings. The van der Waals surface area contributed by atoms with Crippen LogP contribution in [-0.2, 0) is 0 Å². The van der Waals surface area contributed by atoms with Crippen LogP contribution in [0.15, 0.2) is 0 Å². The van der Waals surface area contributed by atoms with Crippen molar-refractivity contribution in [2.45, 2.75) is 78.6 Å². The highest BCUT2D eigenvalue weighted by Gasteiger charge is 2.25. The van der Waals surface area contributed by atoms with Crippen molar-refractivity contribution in [3.05, 3.63) is 0 Å². The topological polar surface area (TPSA) is 0 Å². The van der Waals surface area contributed by atoms with Gasteiger partial charge in [0.2, 0.25) is 0 Å². The summed E-state index contributed by atoms with van der Waals surface area (Å²) in [6.45, 7) is 12.4. The van der Waals surface area contributed by atoms with Gasteiger partial charge in [-0.3, -0.25) is 0 Å². The molecule has 0 N–H and O–H groups in total. The first-order valence-electron chi connectivity index (χ1n) is 8.65. The van der Waals surface area contributed by atoms with Gasteiger partial charge in [0.1, 0.15) is 0 Å². The van der Waals surface area contributed by atoms with Crippen molar-refractivity contribution in [1.29, 1.82) is 0 Å². The summed E-state index contributed by atoms with van der Waals surface area (Å²) in [4.78, 5) is 0. The Labute approximate surface area is 143 Å². The number of nitrogens with zero attached hydrogens (tertiary/aromatic N) is 1. The lowest BCUT2D eigenvalue weighted by atomic mass is 10.1. The summed E-state index contributed by atoms with van der Waals surface area (Å²) in [5.74, 6) is 0.827. The van der Waals surface area contributed by atoms with Crippen LogP contribution < -0.4 is 17.0 Å². The van der Waals surface area contributed by atoms with Crippen molar-refractivity contribution in [3.8, 4) is 0 Å². The molecule has 0 rings (SSSR count). The van der Waals surface area contributed by atoms with Crippen LogP contribution in [0.25, 0.3) is 0 Å². The van der Waals surface area contributed by atoms with E-state index < -0.39 is 0 Å². The summed E-state index contributed by atoms with van der Waals surface area (Å²) in [5.41, 5.74) is 0. The van der Waals surface area contributed by atoms with E-state index >= 15 is 0 Å². The normalized spacial score (nSPS) is 11.4. The first-order chi connectivity index (χ1) is 9.24. The standard InChI is InChI=1S/C17H37ClN.BrH/c1-4-7-10-15-19(14-9-6-3,17-12-13-18)16-11-8-5-2;/h4-17H2,1-3H3;1H/q+1;/p-1. The summed E-state index contributed by atoms with van der Waals surface area (Å²) >= 11 is 5.95.